The van der Waals surface area contributed by atoms with Crippen LogP contribution in [0.5, 0.6) is 0 Å². The third-order valence-electron chi connectivity index (χ3n) is 3.66. The zero-order valence-corrected chi connectivity index (χ0v) is 15.1. The average Bonchev–Trinajstić information content (AvgIpc) is 2.88. The van der Waals surface area contributed by atoms with Crippen molar-refractivity contribution in [3.8, 4) is 0 Å². The van der Waals surface area contributed by atoms with Crippen molar-refractivity contribution in [2.75, 3.05) is 5.32 Å². The highest BCUT2D eigenvalue weighted by atomic mass is 127. The molecule has 0 atom stereocenters. The molecule has 0 spiro atoms. The number of nitrogens with two attached hydrogens (primary N) is 1. The quantitative estimate of drug-likeness (QED) is 0.464. The summed E-state index contributed by atoms with van der Waals surface area (Å²) >= 11 is 0. The number of aryl methyl sites for hydroxylation is 3. The molecule has 1 aliphatic rings. The Morgan fingerprint density at radius 2 is 2.27 bits per heavy atom. The highest BCUT2D eigenvalue weighted by molar-refractivity contribution is 14.0. The van der Waals surface area contributed by atoms with Crippen LogP contribution in [0.3, 0.4) is 0 Å². The fourth-order valence-electron chi connectivity index (χ4n) is 2.62. The number of nitrogens with zero attached hydrogens (tertiary/aromatic N) is 3. The average molecular weight is 411 g/mol. The second kappa shape index (κ2) is 7.62. The van der Waals surface area contributed by atoms with Crippen molar-refractivity contribution in [3.63, 3.8) is 0 Å². The molecule has 0 saturated carbocycles. The lowest BCUT2D eigenvalue weighted by Crippen LogP contribution is -2.22. The van der Waals surface area contributed by atoms with Crippen LogP contribution in [0.4, 0.5) is 5.69 Å². The first-order valence-corrected chi connectivity index (χ1v) is 7.39. The van der Waals surface area contributed by atoms with Gasteiger partial charge in [0.15, 0.2) is 5.96 Å². The summed E-state index contributed by atoms with van der Waals surface area (Å²) in [5, 5.41) is 3.11. The van der Waals surface area contributed by atoms with Crippen molar-refractivity contribution in [1.82, 2.24) is 9.55 Å². The van der Waals surface area contributed by atoms with E-state index in [1.165, 1.54) is 24.2 Å². The molecule has 3 rings (SSSR count). The second-order valence-electron chi connectivity index (χ2n) is 5.49. The van der Waals surface area contributed by atoms with Crippen LogP contribution >= 0.6 is 24.0 Å². The van der Waals surface area contributed by atoms with Crippen LogP contribution in [0.1, 0.15) is 29.9 Å². The van der Waals surface area contributed by atoms with Crippen molar-refractivity contribution >= 4 is 35.6 Å². The summed E-state index contributed by atoms with van der Waals surface area (Å²) in [5.41, 5.74) is 9.07. The third kappa shape index (κ3) is 4.22. The van der Waals surface area contributed by atoms with Crippen molar-refractivity contribution < 1.29 is 0 Å². The normalized spacial score (nSPS) is 14.1. The highest BCUT2D eigenvalue weighted by Crippen LogP contribution is 2.15. The summed E-state index contributed by atoms with van der Waals surface area (Å²) in [7, 11) is 0. The SMILES string of the molecule is Cc1cccc(NC(N)=NCc2cn3c(n2)CCCC3)c1.I. The van der Waals surface area contributed by atoms with Gasteiger partial charge in [0.2, 0.25) is 0 Å². The molecule has 2 aromatic rings. The first-order chi connectivity index (χ1) is 10.2. The molecule has 1 aromatic carbocycles. The van der Waals surface area contributed by atoms with E-state index >= 15 is 0 Å². The maximum absolute atomic E-state index is 5.93. The number of imidazole rings is 1. The lowest BCUT2D eigenvalue weighted by atomic mass is 10.2. The van der Waals surface area contributed by atoms with Crippen LogP contribution < -0.4 is 11.1 Å². The lowest BCUT2D eigenvalue weighted by Gasteiger charge is -2.11. The number of anilines is 1. The van der Waals surface area contributed by atoms with E-state index in [1.807, 2.05) is 31.2 Å². The van der Waals surface area contributed by atoms with Gasteiger partial charge >= 0.3 is 0 Å². The predicted octanol–water partition coefficient (Wildman–Crippen LogP) is 3.07. The molecule has 3 N–H and O–H groups in total. The van der Waals surface area contributed by atoms with Gasteiger partial charge in [-0.2, -0.15) is 0 Å². The Hall–Kier alpha value is -1.57. The molecular weight excluding hydrogens is 389 g/mol. The molecule has 118 valence electrons. The largest absolute Gasteiger partial charge is 0.370 e. The minimum atomic E-state index is 0. The Kier molecular flexibility index (Phi) is 5.82. The standard InChI is InChI=1S/C16H21N5.HI/c1-12-5-4-6-13(9-12)20-16(17)18-10-14-11-21-8-3-2-7-15(21)19-14;/h4-6,9,11H,2-3,7-8,10H2,1H3,(H3,17,18,20);1H. The van der Waals surface area contributed by atoms with Crippen LogP contribution in [-0.4, -0.2) is 15.5 Å². The first-order valence-electron chi connectivity index (χ1n) is 7.39. The fourth-order valence-corrected chi connectivity index (χ4v) is 2.62. The molecule has 5 nitrogen and oxygen atoms in total. The summed E-state index contributed by atoms with van der Waals surface area (Å²) in [5.74, 6) is 1.60. The second-order valence-corrected chi connectivity index (χ2v) is 5.49. The Bertz CT molecular complexity index is 639. The van der Waals surface area contributed by atoms with Gasteiger partial charge in [0.1, 0.15) is 5.82 Å². The van der Waals surface area contributed by atoms with Gasteiger partial charge in [-0.05, 0) is 37.5 Å². The Morgan fingerprint density at radius 3 is 3.05 bits per heavy atom. The number of hydrogen-bond acceptors (Lipinski definition) is 2. The van der Waals surface area contributed by atoms with Gasteiger partial charge in [-0.1, -0.05) is 12.1 Å². The van der Waals surface area contributed by atoms with E-state index in [0.717, 1.165) is 24.3 Å². The van der Waals surface area contributed by atoms with Gasteiger partial charge in [0.05, 0.1) is 12.2 Å². The summed E-state index contributed by atoms with van der Waals surface area (Å²) in [4.78, 5) is 8.99. The third-order valence-corrected chi connectivity index (χ3v) is 3.66. The van der Waals surface area contributed by atoms with Crippen molar-refractivity contribution in [2.45, 2.75) is 39.3 Å². The van der Waals surface area contributed by atoms with Crippen LogP contribution in [0.15, 0.2) is 35.5 Å². The van der Waals surface area contributed by atoms with E-state index in [0.29, 0.717) is 12.5 Å². The highest BCUT2D eigenvalue weighted by Gasteiger charge is 2.11. The summed E-state index contributed by atoms with van der Waals surface area (Å²) < 4.78 is 2.23. The zero-order chi connectivity index (χ0) is 14.7. The van der Waals surface area contributed by atoms with Crippen LogP contribution in [0.25, 0.3) is 0 Å². The monoisotopic (exact) mass is 411 g/mol. The maximum Gasteiger partial charge on any atom is 0.193 e. The number of nitrogens with one attached hydrogen (secondary N) is 1. The molecule has 0 radical (unpaired) electrons. The van der Waals surface area contributed by atoms with E-state index < -0.39 is 0 Å². The van der Waals surface area contributed by atoms with Gasteiger partial charge in [-0.25, -0.2) is 9.98 Å². The van der Waals surface area contributed by atoms with E-state index in [1.54, 1.807) is 0 Å². The molecule has 0 saturated heterocycles. The number of hydrogen-bond donors (Lipinski definition) is 2. The zero-order valence-electron chi connectivity index (χ0n) is 12.7. The van der Waals surface area contributed by atoms with Gasteiger partial charge in [0, 0.05) is 24.8 Å². The van der Waals surface area contributed by atoms with Gasteiger partial charge < -0.3 is 15.6 Å². The number of guanidine groups is 1. The van der Waals surface area contributed by atoms with Crippen LogP contribution in [0, 0.1) is 6.92 Å². The topological polar surface area (TPSA) is 68.2 Å². The molecule has 0 amide bonds. The minimum Gasteiger partial charge on any atom is -0.370 e. The number of fused-ring (bicyclic) bond motifs is 1. The Labute approximate surface area is 148 Å². The number of aliphatic imine (C=N–C) groups is 1. The molecule has 0 bridgehead atoms. The Balaban J connectivity index is 0.00000176. The number of aromatic nitrogens is 2. The summed E-state index contributed by atoms with van der Waals surface area (Å²) in [6.45, 7) is 3.64. The maximum atomic E-state index is 5.93. The molecule has 1 aliphatic heterocycles. The van der Waals surface area contributed by atoms with E-state index in [-0.39, 0.29) is 24.0 Å². The van der Waals surface area contributed by atoms with Crippen LogP contribution in [-0.2, 0) is 19.5 Å². The Morgan fingerprint density at radius 1 is 1.41 bits per heavy atom. The van der Waals surface area contributed by atoms with Gasteiger partial charge in [-0.15, -0.1) is 24.0 Å². The van der Waals surface area contributed by atoms with E-state index in [9.17, 15) is 0 Å². The number of halogens is 1. The number of benzene rings is 1. The van der Waals surface area contributed by atoms with Gasteiger partial charge in [0.25, 0.3) is 0 Å². The predicted molar refractivity (Wildman–Crippen MR) is 101 cm³/mol. The van der Waals surface area contributed by atoms with Crippen molar-refractivity contribution in [3.05, 3.63) is 47.5 Å². The molecule has 0 unspecified atom stereocenters. The fraction of sp³-hybridized carbons (Fsp3) is 0.375. The molecular formula is C16H22IN5. The lowest BCUT2D eigenvalue weighted by molar-refractivity contribution is 0.522. The summed E-state index contributed by atoms with van der Waals surface area (Å²) in [6, 6.07) is 8.06. The molecule has 1 aromatic heterocycles. The molecule has 2 heterocycles. The van der Waals surface area contributed by atoms with Crippen molar-refractivity contribution in [1.29, 1.82) is 0 Å². The van der Waals surface area contributed by atoms with E-state index in [4.69, 9.17) is 5.73 Å². The molecule has 0 aliphatic carbocycles. The minimum absolute atomic E-state index is 0. The van der Waals surface area contributed by atoms with Crippen LogP contribution in [0.2, 0.25) is 0 Å². The van der Waals surface area contributed by atoms with Gasteiger partial charge in [-0.3, -0.25) is 0 Å². The molecule has 6 heteroatoms. The number of rotatable bonds is 3. The smallest absolute Gasteiger partial charge is 0.193 e. The van der Waals surface area contributed by atoms with Crippen molar-refractivity contribution in [2.24, 2.45) is 10.7 Å². The first kappa shape index (κ1) is 16.8. The molecule has 0 fully saturated rings. The summed E-state index contributed by atoms with van der Waals surface area (Å²) in [6.07, 6.45) is 5.64. The van der Waals surface area contributed by atoms with E-state index in [2.05, 4.69) is 26.1 Å². The molecule has 22 heavy (non-hydrogen) atoms.